The first-order chi connectivity index (χ1) is 10.6. The number of hydrogen-bond donors (Lipinski definition) is 2. The van der Waals surface area contributed by atoms with Gasteiger partial charge in [-0.25, -0.2) is 4.79 Å². The highest BCUT2D eigenvalue weighted by Crippen LogP contribution is 2.42. The molecule has 0 unspecified atom stereocenters. The maximum Gasteiger partial charge on any atom is 0.337 e. The van der Waals surface area contributed by atoms with Crippen LogP contribution in [0.15, 0.2) is 36.5 Å². The van der Waals surface area contributed by atoms with Gasteiger partial charge in [0, 0.05) is 11.8 Å². The van der Waals surface area contributed by atoms with E-state index >= 15 is 0 Å². The van der Waals surface area contributed by atoms with Crippen molar-refractivity contribution in [1.82, 2.24) is 4.98 Å². The molecule has 0 aliphatic heterocycles. The number of pyridine rings is 1. The van der Waals surface area contributed by atoms with E-state index in [2.05, 4.69) is 4.98 Å². The summed E-state index contributed by atoms with van der Waals surface area (Å²) in [6.07, 6.45) is 4.47. The summed E-state index contributed by atoms with van der Waals surface area (Å²) in [6.45, 7) is 1.69. The van der Waals surface area contributed by atoms with Crippen molar-refractivity contribution in [3.63, 3.8) is 0 Å². The molecule has 3 rings (SSSR count). The van der Waals surface area contributed by atoms with Gasteiger partial charge < -0.3 is 10.2 Å². The highest BCUT2D eigenvalue weighted by molar-refractivity contribution is 5.96. The number of benzene rings is 1. The number of rotatable bonds is 3. The summed E-state index contributed by atoms with van der Waals surface area (Å²) in [4.78, 5) is 15.5. The van der Waals surface area contributed by atoms with E-state index in [9.17, 15) is 15.0 Å². The van der Waals surface area contributed by atoms with E-state index < -0.39 is 5.97 Å². The van der Waals surface area contributed by atoms with Crippen molar-refractivity contribution in [3.05, 3.63) is 58.9 Å². The van der Waals surface area contributed by atoms with Crippen LogP contribution in [0.3, 0.4) is 0 Å². The van der Waals surface area contributed by atoms with Crippen molar-refractivity contribution in [1.29, 1.82) is 0 Å². The van der Waals surface area contributed by atoms with Crippen LogP contribution in [0.4, 0.5) is 0 Å². The number of nitrogens with zero attached hydrogens (tertiary/aromatic N) is 1. The minimum Gasteiger partial charge on any atom is -0.507 e. The monoisotopic (exact) mass is 295 g/mol. The highest BCUT2D eigenvalue weighted by atomic mass is 16.4. The molecular formula is C18H17NO3. The summed E-state index contributed by atoms with van der Waals surface area (Å²) in [5, 5.41) is 19.3. The fraction of sp³-hybridized carbons (Fsp3) is 0.222. The van der Waals surface area contributed by atoms with E-state index in [4.69, 9.17) is 0 Å². The number of aryl methyl sites for hydroxylation is 1. The Bertz CT molecular complexity index is 778. The summed E-state index contributed by atoms with van der Waals surface area (Å²) in [5.74, 6) is -0.704. The smallest absolute Gasteiger partial charge is 0.337 e. The van der Waals surface area contributed by atoms with Gasteiger partial charge in [-0.15, -0.1) is 0 Å². The number of aromatic nitrogens is 1. The van der Waals surface area contributed by atoms with Gasteiger partial charge in [-0.1, -0.05) is 18.2 Å². The van der Waals surface area contributed by atoms with Crippen LogP contribution in [-0.2, 0) is 0 Å². The Balaban J connectivity index is 2.14. The van der Waals surface area contributed by atoms with E-state index in [1.807, 2.05) is 12.1 Å². The zero-order valence-electron chi connectivity index (χ0n) is 12.3. The second-order valence-corrected chi connectivity index (χ2v) is 5.49. The summed E-state index contributed by atoms with van der Waals surface area (Å²) < 4.78 is 0. The van der Waals surface area contributed by atoms with Crippen molar-refractivity contribution in [3.8, 4) is 5.75 Å². The van der Waals surface area contributed by atoms with Crippen LogP contribution in [0.25, 0.3) is 11.1 Å². The number of aromatic hydroxyl groups is 1. The van der Waals surface area contributed by atoms with Gasteiger partial charge in [0.15, 0.2) is 0 Å². The molecule has 0 fully saturated rings. The van der Waals surface area contributed by atoms with E-state index in [-0.39, 0.29) is 11.3 Å². The number of phenols is 1. The molecule has 0 saturated carbocycles. The van der Waals surface area contributed by atoms with Crippen LogP contribution in [-0.4, -0.2) is 21.2 Å². The number of phenolic OH excluding ortho intramolecular Hbond substituents is 1. The van der Waals surface area contributed by atoms with E-state index in [1.54, 1.807) is 31.3 Å². The third-order valence-electron chi connectivity index (χ3n) is 4.11. The molecule has 0 amide bonds. The molecule has 0 spiro atoms. The Morgan fingerprint density at radius 1 is 1.18 bits per heavy atom. The highest BCUT2D eigenvalue weighted by Gasteiger charge is 2.21. The zero-order valence-corrected chi connectivity index (χ0v) is 12.3. The Kier molecular flexibility index (Phi) is 3.67. The fourth-order valence-corrected chi connectivity index (χ4v) is 3.00. The van der Waals surface area contributed by atoms with Gasteiger partial charge in [0.05, 0.1) is 11.3 Å². The second-order valence-electron chi connectivity index (χ2n) is 5.49. The molecule has 1 aliphatic carbocycles. The molecule has 0 saturated heterocycles. The van der Waals surface area contributed by atoms with Crippen molar-refractivity contribution < 1.29 is 15.0 Å². The van der Waals surface area contributed by atoms with Crippen molar-refractivity contribution in [2.75, 3.05) is 0 Å². The number of allylic oxidation sites excluding steroid dienone is 2. The molecule has 0 bridgehead atoms. The zero-order chi connectivity index (χ0) is 15.7. The van der Waals surface area contributed by atoms with Crippen LogP contribution in [0.2, 0.25) is 0 Å². The Labute approximate surface area is 128 Å². The van der Waals surface area contributed by atoms with Crippen molar-refractivity contribution in [2.24, 2.45) is 0 Å². The first kappa shape index (κ1) is 14.3. The molecule has 1 aromatic carbocycles. The molecule has 2 N–H and O–H groups in total. The molecule has 4 nitrogen and oxygen atoms in total. The number of para-hydroxylation sites is 1. The van der Waals surface area contributed by atoms with Gasteiger partial charge in [0.25, 0.3) is 0 Å². The average Bonchev–Trinajstić information content (AvgIpc) is 2.97. The SMILES string of the molecule is Cc1ncc(C2=C(c3ccccc3O)CCC2)cc1C(=O)O. The van der Waals surface area contributed by atoms with Crippen LogP contribution >= 0.6 is 0 Å². The van der Waals surface area contributed by atoms with Crippen LogP contribution in [0.5, 0.6) is 5.75 Å². The molecule has 1 heterocycles. The lowest BCUT2D eigenvalue weighted by Gasteiger charge is -2.11. The number of hydrogen-bond acceptors (Lipinski definition) is 3. The van der Waals surface area contributed by atoms with E-state index in [0.29, 0.717) is 5.69 Å². The topological polar surface area (TPSA) is 70.4 Å². The Hall–Kier alpha value is -2.62. The van der Waals surface area contributed by atoms with Crippen molar-refractivity contribution in [2.45, 2.75) is 26.2 Å². The number of carboxylic acid groups (broad SMARTS) is 1. The quantitative estimate of drug-likeness (QED) is 0.901. The van der Waals surface area contributed by atoms with Gasteiger partial charge in [-0.05, 0) is 55.0 Å². The van der Waals surface area contributed by atoms with Gasteiger partial charge in [-0.3, -0.25) is 4.98 Å². The predicted octanol–water partition coefficient (Wildman–Crippen LogP) is 3.89. The number of aromatic carboxylic acids is 1. The number of carbonyl (C=O) groups is 1. The molecule has 0 radical (unpaired) electrons. The lowest BCUT2D eigenvalue weighted by Crippen LogP contribution is -2.03. The summed E-state index contributed by atoms with van der Waals surface area (Å²) in [7, 11) is 0. The predicted molar refractivity (Wildman–Crippen MR) is 84.7 cm³/mol. The largest absolute Gasteiger partial charge is 0.507 e. The van der Waals surface area contributed by atoms with E-state index in [0.717, 1.165) is 41.5 Å². The van der Waals surface area contributed by atoms with Crippen LogP contribution < -0.4 is 0 Å². The van der Waals surface area contributed by atoms with Gasteiger partial charge in [0.2, 0.25) is 0 Å². The minimum atomic E-state index is -0.963. The molecule has 22 heavy (non-hydrogen) atoms. The molecule has 1 aromatic heterocycles. The normalized spacial score (nSPS) is 14.4. The molecule has 4 heteroatoms. The maximum atomic E-state index is 11.3. The maximum absolute atomic E-state index is 11.3. The summed E-state index contributed by atoms with van der Waals surface area (Å²) in [5.41, 5.74) is 4.57. The molecule has 112 valence electrons. The Morgan fingerprint density at radius 2 is 1.91 bits per heavy atom. The molecule has 1 aliphatic rings. The lowest BCUT2D eigenvalue weighted by atomic mass is 9.96. The first-order valence-electron chi connectivity index (χ1n) is 7.28. The third-order valence-corrected chi connectivity index (χ3v) is 4.11. The fourth-order valence-electron chi connectivity index (χ4n) is 3.00. The molecule has 0 atom stereocenters. The second kappa shape index (κ2) is 5.64. The number of carboxylic acids is 1. The lowest BCUT2D eigenvalue weighted by molar-refractivity contribution is 0.0695. The van der Waals surface area contributed by atoms with Gasteiger partial charge >= 0.3 is 5.97 Å². The van der Waals surface area contributed by atoms with Crippen molar-refractivity contribution >= 4 is 17.1 Å². The van der Waals surface area contributed by atoms with Gasteiger partial charge in [0.1, 0.15) is 5.75 Å². The third kappa shape index (κ3) is 2.48. The standard InChI is InChI=1S/C18H17NO3/c1-11-16(18(21)22)9-12(10-19-11)13-6-4-7-14(13)15-5-2-3-8-17(15)20/h2-3,5,8-10,20H,4,6-7H2,1H3,(H,21,22). The average molecular weight is 295 g/mol. The van der Waals surface area contributed by atoms with Gasteiger partial charge in [-0.2, -0.15) is 0 Å². The van der Waals surface area contributed by atoms with E-state index in [1.165, 1.54) is 0 Å². The van der Waals surface area contributed by atoms with Crippen LogP contribution in [0.1, 0.15) is 46.4 Å². The molecular weight excluding hydrogens is 278 g/mol. The summed E-state index contributed by atoms with van der Waals surface area (Å²) in [6, 6.07) is 8.95. The Morgan fingerprint density at radius 3 is 2.64 bits per heavy atom. The first-order valence-corrected chi connectivity index (χ1v) is 7.28. The van der Waals surface area contributed by atoms with Crippen LogP contribution in [0, 0.1) is 6.92 Å². The molecule has 2 aromatic rings. The minimum absolute atomic E-state index is 0.230. The summed E-state index contributed by atoms with van der Waals surface area (Å²) >= 11 is 0.